The van der Waals surface area contributed by atoms with Crippen LogP contribution in [0.2, 0.25) is 0 Å². The zero-order chi connectivity index (χ0) is 19.3. The number of hydrogen-bond acceptors (Lipinski definition) is 5. The van der Waals surface area contributed by atoms with E-state index in [1.807, 2.05) is 42.6 Å². The number of aromatic nitrogens is 4. The minimum Gasteiger partial charge on any atom is -0.461 e. The Morgan fingerprint density at radius 3 is 2.64 bits per heavy atom. The van der Waals surface area contributed by atoms with E-state index < -0.39 is 0 Å². The van der Waals surface area contributed by atoms with Crippen LogP contribution in [-0.4, -0.2) is 25.3 Å². The molecule has 2 aromatic carbocycles. The third-order valence-electron chi connectivity index (χ3n) is 4.39. The molecular weight excluding hydrogens is 356 g/mol. The highest BCUT2D eigenvalue weighted by atomic mass is 16.5. The topological polar surface area (TPSA) is 79.0 Å². The molecular formula is C21H18N4O3. The Morgan fingerprint density at radius 1 is 1.04 bits per heavy atom. The summed E-state index contributed by atoms with van der Waals surface area (Å²) in [6, 6.07) is 16.6. The Kier molecular flexibility index (Phi) is 4.97. The zero-order valence-electron chi connectivity index (χ0n) is 15.1. The molecule has 0 aliphatic heterocycles. The van der Waals surface area contributed by atoms with Gasteiger partial charge in [0.15, 0.2) is 0 Å². The Balaban J connectivity index is 1.33. The normalized spacial score (nSPS) is 10.9. The van der Waals surface area contributed by atoms with E-state index in [-0.39, 0.29) is 31.1 Å². The molecule has 4 rings (SSSR count). The Morgan fingerprint density at radius 2 is 1.86 bits per heavy atom. The van der Waals surface area contributed by atoms with Gasteiger partial charge in [-0.3, -0.25) is 14.2 Å². The first kappa shape index (κ1) is 17.7. The number of benzene rings is 2. The van der Waals surface area contributed by atoms with Crippen molar-refractivity contribution >= 4 is 16.9 Å². The lowest BCUT2D eigenvalue weighted by atomic mass is 10.2. The van der Waals surface area contributed by atoms with Gasteiger partial charge in [-0.25, -0.2) is 9.67 Å². The lowest BCUT2D eigenvalue weighted by Crippen LogP contribution is -2.22. The molecule has 0 amide bonds. The lowest BCUT2D eigenvalue weighted by Gasteiger charge is -2.08. The predicted molar refractivity (Wildman–Crippen MR) is 104 cm³/mol. The molecule has 0 saturated heterocycles. The SMILES string of the molecule is O=C(CCn1cnc2ccccc2c1=O)OCc1ccc(-n2cccn2)cc1. The van der Waals surface area contributed by atoms with Crippen LogP contribution < -0.4 is 5.56 Å². The van der Waals surface area contributed by atoms with Crippen LogP contribution in [0, 0.1) is 0 Å². The number of carbonyl (C=O) groups excluding carboxylic acids is 1. The molecule has 2 aromatic heterocycles. The first-order chi connectivity index (χ1) is 13.7. The van der Waals surface area contributed by atoms with Crippen molar-refractivity contribution in [3.63, 3.8) is 0 Å². The average molecular weight is 374 g/mol. The van der Waals surface area contributed by atoms with Gasteiger partial charge < -0.3 is 4.74 Å². The molecule has 0 spiro atoms. The van der Waals surface area contributed by atoms with E-state index >= 15 is 0 Å². The molecule has 4 aromatic rings. The van der Waals surface area contributed by atoms with Gasteiger partial charge in [-0.15, -0.1) is 0 Å². The van der Waals surface area contributed by atoms with Crippen molar-refractivity contribution in [2.75, 3.05) is 0 Å². The first-order valence-corrected chi connectivity index (χ1v) is 8.89. The number of nitrogens with zero attached hydrogens (tertiary/aromatic N) is 4. The minimum absolute atomic E-state index is 0.102. The van der Waals surface area contributed by atoms with Crippen LogP contribution in [0.4, 0.5) is 0 Å². The second-order valence-corrected chi connectivity index (χ2v) is 6.29. The monoisotopic (exact) mass is 374 g/mol. The number of fused-ring (bicyclic) bond motifs is 1. The van der Waals surface area contributed by atoms with E-state index in [1.165, 1.54) is 10.9 Å². The third kappa shape index (κ3) is 3.83. The maximum Gasteiger partial charge on any atom is 0.307 e. The van der Waals surface area contributed by atoms with Crippen molar-refractivity contribution < 1.29 is 9.53 Å². The molecule has 0 saturated carbocycles. The number of carbonyl (C=O) groups is 1. The van der Waals surface area contributed by atoms with E-state index in [9.17, 15) is 9.59 Å². The van der Waals surface area contributed by atoms with E-state index in [0.717, 1.165) is 11.3 Å². The number of hydrogen-bond donors (Lipinski definition) is 0. The molecule has 0 aliphatic rings. The summed E-state index contributed by atoms with van der Waals surface area (Å²) in [5.74, 6) is -0.365. The van der Waals surface area contributed by atoms with Gasteiger partial charge in [-0.1, -0.05) is 24.3 Å². The molecule has 7 nitrogen and oxygen atoms in total. The van der Waals surface area contributed by atoms with Crippen molar-refractivity contribution in [3.05, 3.63) is 89.2 Å². The molecule has 7 heteroatoms. The van der Waals surface area contributed by atoms with Gasteiger partial charge in [0.25, 0.3) is 5.56 Å². The van der Waals surface area contributed by atoms with Crippen LogP contribution in [0.3, 0.4) is 0 Å². The largest absolute Gasteiger partial charge is 0.461 e. The fourth-order valence-corrected chi connectivity index (χ4v) is 2.88. The van der Waals surface area contributed by atoms with Gasteiger partial charge in [-0.2, -0.15) is 5.10 Å². The zero-order valence-corrected chi connectivity index (χ0v) is 15.1. The van der Waals surface area contributed by atoms with Crippen LogP contribution in [-0.2, 0) is 22.7 Å². The van der Waals surface area contributed by atoms with Gasteiger partial charge in [0, 0.05) is 18.9 Å². The van der Waals surface area contributed by atoms with Crippen molar-refractivity contribution in [1.29, 1.82) is 0 Å². The number of aryl methyl sites for hydroxylation is 1. The highest BCUT2D eigenvalue weighted by molar-refractivity contribution is 5.77. The lowest BCUT2D eigenvalue weighted by molar-refractivity contribution is -0.145. The maximum atomic E-state index is 12.4. The molecule has 0 N–H and O–H groups in total. The number of rotatable bonds is 6. The fraction of sp³-hybridized carbons (Fsp3) is 0.143. The van der Waals surface area contributed by atoms with Gasteiger partial charge in [0.2, 0.25) is 0 Å². The number of para-hydroxylation sites is 1. The third-order valence-corrected chi connectivity index (χ3v) is 4.39. The van der Waals surface area contributed by atoms with Crippen molar-refractivity contribution in [3.8, 4) is 5.69 Å². The van der Waals surface area contributed by atoms with Crippen LogP contribution >= 0.6 is 0 Å². The summed E-state index contributed by atoms with van der Waals surface area (Å²) in [6.07, 6.45) is 5.14. The summed E-state index contributed by atoms with van der Waals surface area (Å²) in [7, 11) is 0. The molecule has 0 bridgehead atoms. The standard InChI is InChI=1S/C21H18N4O3/c26-20(10-13-24-15-22-19-5-2-1-4-18(19)21(24)27)28-14-16-6-8-17(9-7-16)25-12-3-11-23-25/h1-9,11-12,15H,10,13-14H2. The van der Waals surface area contributed by atoms with E-state index in [4.69, 9.17) is 4.74 Å². The summed E-state index contributed by atoms with van der Waals surface area (Å²) in [6.45, 7) is 0.414. The average Bonchev–Trinajstić information content (AvgIpc) is 3.27. The Labute approximate surface area is 160 Å². The van der Waals surface area contributed by atoms with Crippen LogP contribution in [0.25, 0.3) is 16.6 Å². The number of esters is 1. The Hall–Kier alpha value is -3.74. The summed E-state index contributed by atoms with van der Waals surface area (Å²) < 4.78 is 8.50. The molecule has 140 valence electrons. The predicted octanol–water partition coefficient (Wildman–Crippen LogP) is 2.72. The fourth-order valence-electron chi connectivity index (χ4n) is 2.88. The van der Waals surface area contributed by atoms with Crippen molar-refractivity contribution in [1.82, 2.24) is 19.3 Å². The second kappa shape index (κ2) is 7.87. The summed E-state index contributed by atoms with van der Waals surface area (Å²) in [5.41, 5.74) is 2.30. The molecule has 0 aliphatic carbocycles. The summed E-state index contributed by atoms with van der Waals surface area (Å²) in [4.78, 5) is 28.7. The Bertz CT molecular complexity index is 1150. The van der Waals surface area contributed by atoms with Gasteiger partial charge in [-0.05, 0) is 35.9 Å². The van der Waals surface area contributed by atoms with Gasteiger partial charge >= 0.3 is 5.97 Å². The molecule has 28 heavy (non-hydrogen) atoms. The van der Waals surface area contributed by atoms with E-state index in [0.29, 0.717) is 10.9 Å². The quantitative estimate of drug-likeness (QED) is 0.485. The second-order valence-electron chi connectivity index (χ2n) is 6.29. The molecule has 0 radical (unpaired) electrons. The summed E-state index contributed by atoms with van der Waals surface area (Å²) in [5, 5.41) is 4.71. The van der Waals surface area contributed by atoms with Crippen LogP contribution in [0.1, 0.15) is 12.0 Å². The molecule has 0 atom stereocenters. The first-order valence-electron chi connectivity index (χ1n) is 8.89. The van der Waals surface area contributed by atoms with Crippen molar-refractivity contribution in [2.45, 2.75) is 19.6 Å². The maximum absolute atomic E-state index is 12.4. The van der Waals surface area contributed by atoms with Crippen LogP contribution in [0.15, 0.2) is 78.1 Å². The summed E-state index contributed by atoms with van der Waals surface area (Å²) >= 11 is 0. The van der Waals surface area contributed by atoms with E-state index in [2.05, 4.69) is 10.1 Å². The van der Waals surface area contributed by atoms with Crippen molar-refractivity contribution in [2.24, 2.45) is 0 Å². The smallest absolute Gasteiger partial charge is 0.307 e. The molecule has 0 unspecified atom stereocenters. The molecule has 0 fully saturated rings. The van der Waals surface area contributed by atoms with Crippen LogP contribution in [0.5, 0.6) is 0 Å². The minimum atomic E-state index is -0.365. The highest BCUT2D eigenvalue weighted by Crippen LogP contribution is 2.10. The van der Waals surface area contributed by atoms with Gasteiger partial charge in [0.1, 0.15) is 6.61 Å². The van der Waals surface area contributed by atoms with Gasteiger partial charge in [0.05, 0.1) is 29.3 Å². The highest BCUT2D eigenvalue weighted by Gasteiger charge is 2.08. The molecule has 2 heterocycles. The number of ether oxygens (including phenoxy) is 1. The van der Waals surface area contributed by atoms with E-state index in [1.54, 1.807) is 29.1 Å².